The molecule has 1 aliphatic carbocycles. The summed E-state index contributed by atoms with van der Waals surface area (Å²) >= 11 is 0. The second-order valence-corrected chi connectivity index (χ2v) is 6.29. The van der Waals surface area contributed by atoms with Crippen LogP contribution in [0.3, 0.4) is 0 Å². The van der Waals surface area contributed by atoms with Crippen molar-refractivity contribution in [1.82, 2.24) is 19.9 Å². The summed E-state index contributed by atoms with van der Waals surface area (Å²) in [5.74, 6) is 1.97. The van der Waals surface area contributed by atoms with Gasteiger partial charge in [-0.25, -0.2) is 0 Å². The topological polar surface area (TPSA) is 42.2 Å². The third-order valence-electron chi connectivity index (χ3n) is 4.72. The molecule has 0 amide bonds. The third-order valence-corrected chi connectivity index (χ3v) is 4.72. The number of rotatable bonds is 5. The fourth-order valence-corrected chi connectivity index (χ4v) is 3.53. The van der Waals surface area contributed by atoms with Crippen LogP contribution in [0.1, 0.15) is 57.7 Å². The summed E-state index contributed by atoms with van der Waals surface area (Å²) in [5.41, 5.74) is 0.929. The highest BCUT2D eigenvalue weighted by Crippen LogP contribution is 2.26. The van der Waals surface area contributed by atoms with Crippen LogP contribution in [0.2, 0.25) is 0 Å². The lowest BCUT2D eigenvalue weighted by Crippen LogP contribution is -2.28. The summed E-state index contributed by atoms with van der Waals surface area (Å²) in [5, 5.41) is 12.2. The van der Waals surface area contributed by atoms with Crippen LogP contribution in [0.25, 0.3) is 5.65 Å². The molecule has 2 unspecified atom stereocenters. The molecule has 0 aromatic carbocycles. The van der Waals surface area contributed by atoms with Crippen LogP contribution >= 0.6 is 0 Å². The molecule has 2 atom stereocenters. The fraction of sp³-hybridized carbons (Fsp3) is 0.647. The second-order valence-electron chi connectivity index (χ2n) is 6.29. The van der Waals surface area contributed by atoms with E-state index in [0.717, 1.165) is 23.9 Å². The van der Waals surface area contributed by atoms with Crippen LogP contribution in [-0.4, -0.2) is 20.6 Å². The smallest absolute Gasteiger partial charge is 0.160 e. The number of fused-ring (bicyclic) bond motifs is 1. The SMILES string of the molecule is CCCC1CCCC(NCc2nnc3ccccn23)CC1. The molecule has 3 rings (SSSR count). The van der Waals surface area contributed by atoms with E-state index in [0.29, 0.717) is 6.04 Å². The number of nitrogens with zero attached hydrogens (tertiary/aromatic N) is 3. The molecule has 1 fully saturated rings. The van der Waals surface area contributed by atoms with E-state index >= 15 is 0 Å². The lowest BCUT2D eigenvalue weighted by molar-refractivity contribution is 0.408. The van der Waals surface area contributed by atoms with Crippen molar-refractivity contribution < 1.29 is 0 Å². The molecular formula is C17H26N4. The predicted octanol–water partition coefficient (Wildman–Crippen LogP) is 3.57. The van der Waals surface area contributed by atoms with Crippen LogP contribution in [-0.2, 0) is 6.54 Å². The molecule has 0 saturated heterocycles. The van der Waals surface area contributed by atoms with Crippen molar-refractivity contribution in [1.29, 1.82) is 0 Å². The maximum atomic E-state index is 4.30. The first-order chi connectivity index (χ1) is 10.4. The largest absolute Gasteiger partial charge is 0.307 e. The van der Waals surface area contributed by atoms with E-state index in [1.165, 1.54) is 44.9 Å². The van der Waals surface area contributed by atoms with Crippen LogP contribution in [0.15, 0.2) is 24.4 Å². The minimum atomic E-state index is 0.642. The lowest BCUT2D eigenvalue weighted by Gasteiger charge is -2.16. The third kappa shape index (κ3) is 3.62. The van der Waals surface area contributed by atoms with Crippen molar-refractivity contribution in [3.63, 3.8) is 0 Å². The van der Waals surface area contributed by atoms with Gasteiger partial charge in [-0.2, -0.15) is 0 Å². The summed E-state index contributed by atoms with van der Waals surface area (Å²) in [6.07, 6.45) is 11.5. The summed E-state index contributed by atoms with van der Waals surface area (Å²) < 4.78 is 2.07. The molecule has 4 heteroatoms. The Morgan fingerprint density at radius 1 is 1.19 bits per heavy atom. The molecule has 1 aliphatic rings. The Morgan fingerprint density at radius 2 is 2.14 bits per heavy atom. The second kappa shape index (κ2) is 7.03. The first kappa shape index (κ1) is 14.5. The number of nitrogens with one attached hydrogen (secondary N) is 1. The Hall–Kier alpha value is -1.42. The Morgan fingerprint density at radius 3 is 3.05 bits per heavy atom. The van der Waals surface area contributed by atoms with E-state index in [9.17, 15) is 0 Å². The van der Waals surface area contributed by atoms with Gasteiger partial charge in [-0.1, -0.05) is 38.7 Å². The van der Waals surface area contributed by atoms with Crippen molar-refractivity contribution in [2.45, 2.75) is 64.5 Å². The molecule has 2 aromatic heterocycles. The summed E-state index contributed by atoms with van der Waals surface area (Å²) in [7, 11) is 0. The van der Waals surface area contributed by atoms with Gasteiger partial charge in [0.25, 0.3) is 0 Å². The molecule has 1 saturated carbocycles. The van der Waals surface area contributed by atoms with Crippen LogP contribution in [0.5, 0.6) is 0 Å². The monoisotopic (exact) mass is 286 g/mol. The van der Waals surface area contributed by atoms with Crippen LogP contribution < -0.4 is 5.32 Å². The molecule has 0 radical (unpaired) electrons. The Bertz CT molecular complexity index is 563. The Kier molecular flexibility index (Phi) is 4.86. The molecule has 21 heavy (non-hydrogen) atoms. The van der Waals surface area contributed by atoms with E-state index in [1.54, 1.807) is 0 Å². The standard InChI is InChI=1S/C17H26N4/c1-2-6-14-7-5-8-15(11-10-14)18-13-17-20-19-16-9-3-4-12-21(16)17/h3-4,9,12,14-15,18H,2,5-8,10-11,13H2,1H3. The van der Waals surface area contributed by atoms with Gasteiger partial charge in [-0.15, -0.1) is 10.2 Å². The molecule has 0 bridgehead atoms. The number of hydrogen-bond donors (Lipinski definition) is 1. The van der Waals surface area contributed by atoms with Gasteiger partial charge in [-0.3, -0.25) is 4.40 Å². The van der Waals surface area contributed by atoms with Crippen molar-refractivity contribution in [2.24, 2.45) is 5.92 Å². The summed E-state index contributed by atoms with van der Waals surface area (Å²) in [6.45, 7) is 3.12. The van der Waals surface area contributed by atoms with Gasteiger partial charge in [0.05, 0.1) is 6.54 Å². The maximum Gasteiger partial charge on any atom is 0.160 e. The van der Waals surface area contributed by atoms with Gasteiger partial charge in [0, 0.05) is 12.2 Å². The quantitative estimate of drug-likeness (QED) is 0.854. The van der Waals surface area contributed by atoms with E-state index in [2.05, 4.69) is 26.8 Å². The van der Waals surface area contributed by atoms with Gasteiger partial charge in [0.15, 0.2) is 11.5 Å². The predicted molar refractivity (Wildman–Crippen MR) is 85.1 cm³/mol. The minimum Gasteiger partial charge on any atom is -0.307 e. The lowest BCUT2D eigenvalue weighted by atomic mass is 9.95. The average molecular weight is 286 g/mol. The van der Waals surface area contributed by atoms with Crippen molar-refractivity contribution >= 4 is 5.65 Å². The first-order valence-electron chi connectivity index (χ1n) is 8.39. The molecule has 2 aromatic rings. The van der Waals surface area contributed by atoms with Gasteiger partial charge in [0.1, 0.15) is 0 Å². The van der Waals surface area contributed by atoms with Crippen molar-refractivity contribution in [2.75, 3.05) is 0 Å². The number of aromatic nitrogens is 3. The van der Waals surface area contributed by atoms with E-state index in [-0.39, 0.29) is 0 Å². The number of pyridine rings is 1. The van der Waals surface area contributed by atoms with E-state index < -0.39 is 0 Å². The molecule has 4 nitrogen and oxygen atoms in total. The van der Waals surface area contributed by atoms with Gasteiger partial charge >= 0.3 is 0 Å². The minimum absolute atomic E-state index is 0.642. The van der Waals surface area contributed by atoms with Crippen LogP contribution in [0, 0.1) is 5.92 Å². The Balaban J connectivity index is 1.55. The highest BCUT2D eigenvalue weighted by atomic mass is 15.3. The van der Waals surface area contributed by atoms with Crippen LogP contribution in [0.4, 0.5) is 0 Å². The van der Waals surface area contributed by atoms with Gasteiger partial charge < -0.3 is 5.32 Å². The zero-order valence-electron chi connectivity index (χ0n) is 13.0. The molecular weight excluding hydrogens is 260 g/mol. The molecule has 0 aliphatic heterocycles. The maximum absolute atomic E-state index is 4.30. The molecule has 2 heterocycles. The van der Waals surface area contributed by atoms with E-state index in [4.69, 9.17) is 0 Å². The molecule has 0 spiro atoms. The van der Waals surface area contributed by atoms with Gasteiger partial charge in [-0.05, 0) is 37.3 Å². The first-order valence-corrected chi connectivity index (χ1v) is 8.39. The van der Waals surface area contributed by atoms with Crippen molar-refractivity contribution in [3.05, 3.63) is 30.2 Å². The van der Waals surface area contributed by atoms with E-state index in [1.807, 2.05) is 24.4 Å². The molecule has 1 N–H and O–H groups in total. The average Bonchev–Trinajstić information content (AvgIpc) is 2.79. The highest BCUT2D eigenvalue weighted by molar-refractivity contribution is 5.36. The highest BCUT2D eigenvalue weighted by Gasteiger charge is 2.18. The zero-order chi connectivity index (χ0) is 14.5. The van der Waals surface area contributed by atoms with Crippen molar-refractivity contribution in [3.8, 4) is 0 Å². The Labute approximate surface area is 127 Å². The number of hydrogen-bond acceptors (Lipinski definition) is 3. The summed E-state index contributed by atoms with van der Waals surface area (Å²) in [4.78, 5) is 0. The normalized spacial score (nSPS) is 23.3. The zero-order valence-corrected chi connectivity index (χ0v) is 13.0. The van der Waals surface area contributed by atoms with Gasteiger partial charge in [0.2, 0.25) is 0 Å². The fourth-order valence-electron chi connectivity index (χ4n) is 3.53. The molecule has 114 valence electrons. The summed E-state index contributed by atoms with van der Waals surface area (Å²) in [6, 6.07) is 6.67.